The Morgan fingerprint density at radius 2 is 2.33 bits per heavy atom. The normalized spacial score (nSPS) is 60.8. The van der Waals surface area contributed by atoms with E-state index in [1.807, 2.05) is 6.92 Å². The van der Waals surface area contributed by atoms with Gasteiger partial charge in [0.1, 0.15) is 5.78 Å². The first kappa shape index (κ1) is 2.78. The lowest BCUT2D eigenvalue weighted by Crippen LogP contribution is -1.87. The van der Waals surface area contributed by atoms with Crippen LogP contribution < -0.4 is 0 Å². The highest BCUT2D eigenvalue weighted by Crippen LogP contribution is 2.70. The van der Waals surface area contributed by atoms with E-state index in [0.717, 1.165) is 0 Å². The number of hydrogen-bond acceptors (Lipinski definition) is 1. The molecule has 0 amide bonds. The van der Waals surface area contributed by atoms with Gasteiger partial charge < -0.3 is 0 Å². The van der Waals surface area contributed by atoms with Gasteiger partial charge in [-0.2, -0.15) is 0 Å². The fourth-order valence-electron chi connectivity index (χ4n) is 0.955. The van der Waals surface area contributed by atoms with E-state index < -0.39 is 0 Å². The first-order chi connectivity index (χ1) is 2.75. The van der Waals surface area contributed by atoms with Gasteiger partial charge in [-0.1, -0.05) is 6.92 Å². The van der Waals surface area contributed by atoms with Crippen LogP contribution in [0, 0.1) is 11.3 Å². The average Bonchev–Trinajstić information content (AvgIpc) is 2.24. The standard InChI is InChI=1S/C5H6O/c1-5-2-3(5)4(5)6/h3H,2H2,1H3. The molecule has 2 rings (SSSR count). The van der Waals surface area contributed by atoms with Gasteiger partial charge in [0.05, 0.1) is 0 Å². The Kier molecular flexibility index (Phi) is 0.182. The van der Waals surface area contributed by atoms with Gasteiger partial charge in [-0.15, -0.1) is 0 Å². The maximum atomic E-state index is 10.3. The van der Waals surface area contributed by atoms with Crippen molar-refractivity contribution < 1.29 is 4.79 Å². The van der Waals surface area contributed by atoms with E-state index in [-0.39, 0.29) is 5.41 Å². The highest BCUT2D eigenvalue weighted by molar-refractivity contribution is 6.10. The van der Waals surface area contributed by atoms with Gasteiger partial charge in [-0.25, -0.2) is 0 Å². The lowest BCUT2D eigenvalue weighted by Gasteiger charge is -1.79. The second-order valence-electron chi connectivity index (χ2n) is 2.54. The van der Waals surface area contributed by atoms with E-state index in [0.29, 0.717) is 11.7 Å². The summed E-state index contributed by atoms with van der Waals surface area (Å²) in [6.45, 7) is 2.04. The summed E-state index contributed by atoms with van der Waals surface area (Å²) in [6.07, 6.45) is 1.19. The molecule has 2 aliphatic carbocycles. The van der Waals surface area contributed by atoms with Crippen molar-refractivity contribution in [2.75, 3.05) is 0 Å². The van der Waals surface area contributed by atoms with Crippen LogP contribution in [0.5, 0.6) is 0 Å². The van der Waals surface area contributed by atoms with Gasteiger partial charge in [0.15, 0.2) is 0 Å². The van der Waals surface area contributed by atoms with Crippen molar-refractivity contribution in [1.29, 1.82) is 0 Å². The second-order valence-corrected chi connectivity index (χ2v) is 2.54. The summed E-state index contributed by atoms with van der Waals surface area (Å²) in [6, 6.07) is 0. The summed E-state index contributed by atoms with van der Waals surface area (Å²) in [4.78, 5) is 10.3. The molecular weight excluding hydrogens is 76.1 g/mol. The van der Waals surface area contributed by atoms with Crippen LogP contribution >= 0.6 is 0 Å². The molecule has 2 atom stereocenters. The largest absolute Gasteiger partial charge is 0.299 e. The molecule has 6 heavy (non-hydrogen) atoms. The summed E-state index contributed by atoms with van der Waals surface area (Å²) in [7, 11) is 0. The lowest BCUT2D eigenvalue weighted by molar-refractivity contribution is -0.115. The molecule has 0 aliphatic heterocycles. The molecule has 2 unspecified atom stereocenters. The third-order valence-electron chi connectivity index (χ3n) is 2.03. The quantitative estimate of drug-likeness (QED) is 0.418. The van der Waals surface area contributed by atoms with Crippen LogP contribution in [0.4, 0.5) is 0 Å². The van der Waals surface area contributed by atoms with Crippen LogP contribution in [0.1, 0.15) is 13.3 Å². The molecule has 0 heterocycles. The van der Waals surface area contributed by atoms with Gasteiger partial charge in [0, 0.05) is 11.3 Å². The number of carbonyl (C=O) groups excluding carboxylic acids is 1. The molecule has 0 aromatic carbocycles. The monoisotopic (exact) mass is 82.0 g/mol. The Balaban J connectivity index is 2.43. The van der Waals surface area contributed by atoms with Gasteiger partial charge in [0.25, 0.3) is 0 Å². The molecule has 0 spiro atoms. The van der Waals surface area contributed by atoms with E-state index >= 15 is 0 Å². The Hall–Kier alpha value is -0.330. The smallest absolute Gasteiger partial charge is 0.143 e. The number of rotatable bonds is 0. The topological polar surface area (TPSA) is 17.1 Å². The number of carbonyl (C=O) groups is 1. The maximum absolute atomic E-state index is 10.3. The molecule has 0 bridgehead atoms. The highest BCUT2D eigenvalue weighted by Gasteiger charge is 2.76. The van der Waals surface area contributed by atoms with Gasteiger partial charge in [-0.05, 0) is 6.42 Å². The van der Waals surface area contributed by atoms with Crippen LogP contribution in [0.2, 0.25) is 0 Å². The summed E-state index contributed by atoms with van der Waals surface area (Å²) in [5.74, 6) is 1.03. The zero-order valence-electron chi connectivity index (χ0n) is 3.69. The van der Waals surface area contributed by atoms with Crippen molar-refractivity contribution in [1.82, 2.24) is 0 Å². The van der Waals surface area contributed by atoms with Gasteiger partial charge in [0.2, 0.25) is 0 Å². The van der Waals surface area contributed by atoms with Crippen LogP contribution in [0.15, 0.2) is 0 Å². The van der Waals surface area contributed by atoms with Crippen molar-refractivity contribution in [3.63, 3.8) is 0 Å². The molecular formula is C5H6O. The zero-order chi connectivity index (χ0) is 4.36. The minimum atomic E-state index is 0.236. The number of Topliss-reactive ketones (excluding diaryl/α,β-unsaturated/α-hetero) is 1. The first-order valence-corrected chi connectivity index (χ1v) is 2.29. The molecule has 1 heteroatoms. The minimum Gasteiger partial charge on any atom is -0.299 e. The van der Waals surface area contributed by atoms with Crippen molar-refractivity contribution >= 4 is 5.78 Å². The van der Waals surface area contributed by atoms with Crippen LogP contribution in [-0.2, 0) is 4.79 Å². The molecule has 2 aliphatic rings. The van der Waals surface area contributed by atoms with Crippen LogP contribution in [-0.4, -0.2) is 5.78 Å². The van der Waals surface area contributed by atoms with E-state index in [4.69, 9.17) is 0 Å². The van der Waals surface area contributed by atoms with Gasteiger partial charge >= 0.3 is 0 Å². The Morgan fingerprint density at radius 3 is 2.33 bits per heavy atom. The Morgan fingerprint density at radius 1 is 2.00 bits per heavy atom. The fourth-order valence-corrected chi connectivity index (χ4v) is 0.955. The SMILES string of the molecule is CC12CC1C2=O. The number of fused-ring (bicyclic) bond motifs is 1. The fraction of sp³-hybridized carbons (Fsp3) is 0.800. The predicted molar refractivity (Wildman–Crippen MR) is 21.2 cm³/mol. The lowest BCUT2D eigenvalue weighted by atomic mass is 10.2. The Bertz CT molecular complexity index is 128. The van der Waals surface area contributed by atoms with E-state index in [2.05, 4.69) is 0 Å². The number of hydrogen-bond donors (Lipinski definition) is 0. The predicted octanol–water partition coefficient (Wildman–Crippen LogP) is 0.595. The van der Waals surface area contributed by atoms with Crippen molar-refractivity contribution in [3.05, 3.63) is 0 Å². The first-order valence-electron chi connectivity index (χ1n) is 2.29. The molecule has 2 saturated carbocycles. The molecule has 2 fully saturated rings. The third-order valence-corrected chi connectivity index (χ3v) is 2.03. The molecule has 0 aromatic heterocycles. The van der Waals surface area contributed by atoms with Crippen molar-refractivity contribution in [2.24, 2.45) is 11.3 Å². The van der Waals surface area contributed by atoms with Crippen molar-refractivity contribution in [2.45, 2.75) is 13.3 Å². The average molecular weight is 82.1 g/mol. The molecule has 1 nitrogen and oxygen atoms in total. The van der Waals surface area contributed by atoms with Crippen molar-refractivity contribution in [3.8, 4) is 0 Å². The summed E-state index contributed by atoms with van der Waals surface area (Å²) < 4.78 is 0. The van der Waals surface area contributed by atoms with Crippen LogP contribution in [0.3, 0.4) is 0 Å². The zero-order valence-corrected chi connectivity index (χ0v) is 3.69. The van der Waals surface area contributed by atoms with Gasteiger partial charge in [-0.3, -0.25) is 4.79 Å². The highest BCUT2D eigenvalue weighted by atomic mass is 16.1. The molecule has 0 saturated heterocycles. The molecule has 32 valence electrons. The number of ketones is 1. The summed E-state index contributed by atoms with van der Waals surface area (Å²) in [5, 5.41) is 0. The Labute approximate surface area is 36.3 Å². The third kappa shape index (κ3) is 0.0941. The van der Waals surface area contributed by atoms with Crippen LogP contribution in [0.25, 0.3) is 0 Å². The maximum Gasteiger partial charge on any atom is 0.143 e. The molecule has 0 radical (unpaired) electrons. The summed E-state index contributed by atoms with van der Waals surface area (Å²) in [5.41, 5.74) is 0.236. The van der Waals surface area contributed by atoms with E-state index in [1.54, 1.807) is 0 Å². The molecule has 0 aromatic rings. The second kappa shape index (κ2) is 0.392. The van der Waals surface area contributed by atoms with E-state index in [9.17, 15) is 4.79 Å². The minimum absolute atomic E-state index is 0.236. The molecule has 0 N–H and O–H groups in total. The van der Waals surface area contributed by atoms with E-state index in [1.165, 1.54) is 6.42 Å². The summed E-state index contributed by atoms with van der Waals surface area (Å²) >= 11 is 0.